The molecule has 3 rings (SSSR count). The first-order valence-corrected chi connectivity index (χ1v) is 12.6. The Balaban J connectivity index is 2.13. The summed E-state index contributed by atoms with van der Waals surface area (Å²) in [5, 5.41) is 1.35. The summed E-state index contributed by atoms with van der Waals surface area (Å²) in [7, 11) is -1.42. The highest BCUT2D eigenvalue weighted by atomic mass is 28.3. The van der Waals surface area contributed by atoms with Crippen molar-refractivity contribution in [3.63, 3.8) is 0 Å². The van der Waals surface area contributed by atoms with Gasteiger partial charge in [0.25, 0.3) is 0 Å². The maximum atomic E-state index is 13.1. The van der Waals surface area contributed by atoms with Crippen LogP contribution in [0.2, 0.25) is 19.6 Å². The smallest absolute Gasteiger partial charge is 0.350 e. The van der Waals surface area contributed by atoms with E-state index < -0.39 is 20.0 Å². The Hall–Kier alpha value is -1.91. The largest absolute Gasteiger partial charge is 0.432 e. The predicted molar refractivity (Wildman–Crippen MR) is 107 cm³/mol. The first-order valence-electron chi connectivity index (χ1n) is 9.10. The minimum absolute atomic E-state index is 0.301. The number of carbonyl (C=O) groups is 1. The van der Waals surface area contributed by atoms with Gasteiger partial charge in [0.05, 0.1) is 8.07 Å². The molecule has 138 valence electrons. The summed E-state index contributed by atoms with van der Waals surface area (Å²) in [5.41, 5.74) is 0.113. The van der Waals surface area contributed by atoms with Crippen molar-refractivity contribution in [1.82, 2.24) is 0 Å². The number of rotatable bonds is 3. The average molecular weight is 369 g/mol. The molecule has 0 spiro atoms. The molecule has 26 heavy (non-hydrogen) atoms. The maximum absolute atomic E-state index is 13.1. The van der Waals surface area contributed by atoms with Crippen LogP contribution in [0.15, 0.2) is 54.6 Å². The van der Waals surface area contributed by atoms with Crippen molar-refractivity contribution in [2.24, 2.45) is 5.41 Å². The lowest BCUT2D eigenvalue weighted by Gasteiger charge is -2.29. The molecule has 0 aliphatic carbocycles. The van der Waals surface area contributed by atoms with E-state index >= 15 is 0 Å². The first-order chi connectivity index (χ1) is 12.0. The minimum atomic E-state index is -1.42. The third kappa shape index (κ3) is 3.24. The second-order valence-corrected chi connectivity index (χ2v) is 14.2. The molecule has 1 aliphatic rings. The van der Waals surface area contributed by atoms with Gasteiger partial charge in [0.1, 0.15) is 0 Å². The second-order valence-electron chi connectivity index (χ2n) is 9.10. The van der Waals surface area contributed by atoms with E-state index in [1.807, 2.05) is 63.2 Å². The number of benzene rings is 2. The van der Waals surface area contributed by atoms with Crippen molar-refractivity contribution < 1.29 is 14.3 Å². The third-order valence-corrected chi connectivity index (χ3v) is 6.90. The molecular weight excluding hydrogens is 340 g/mol. The number of carbonyl (C=O) groups excluding carboxylic acids is 1. The van der Waals surface area contributed by atoms with E-state index in [1.165, 1.54) is 5.19 Å². The quantitative estimate of drug-likeness (QED) is 0.594. The molecule has 0 radical (unpaired) electrons. The Labute approximate surface area is 157 Å². The van der Waals surface area contributed by atoms with Gasteiger partial charge in [0, 0.05) is 5.41 Å². The summed E-state index contributed by atoms with van der Waals surface area (Å²) in [5.74, 6) is -0.343. The monoisotopic (exact) mass is 368 g/mol. The average Bonchev–Trinajstić information content (AvgIpc) is 2.94. The summed E-state index contributed by atoms with van der Waals surface area (Å²) in [6.07, 6.45) is -0.591. The van der Waals surface area contributed by atoms with Gasteiger partial charge < -0.3 is 9.47 Å². The van der Waals surface area contributed by atoms with Crippen LogP contribution in [-0.2, 0) is 19.9 Å². The SMILES string of the molecule is CC(C)(C)[C@@H]1OC(=O)[C@@](c2ccccc2)(c2ccc([Si](C)(C)C)cc2)O1. The van der Waals surface area contributed by atoms with Crippen molar-refractivity contribution in [1.29, 1.82) is 0 Å². The summed E-state index contributed by atoms with van der Waals surface area (Å²) in [4.78, 5) is 13.1. The van der Waals surface area contributed by atoms with Gasteiger partial charge in [0.2, 0.25) is 11.9 Å². The molecule has 1 heterocycles. The number of hydrogen-bond donors (Lipinski definition) is 0. The maximum Gasteiger partial charge on any atom is 0.350 e. The van der Waals surface area contributed by atoms with E-state index in [-0.39, 0.29) is 11.4 Å². The van der Waals surface area contributed by atoms with E-state index in [9.17, 15) is 4.79 Å². The van der Waals surface area contributed by atoms with Gasteiger partial charge >= 0.3 is 5.97 Å². The molecule has 0 amide bonds. The molecule has 0 bridgehead atoms. The molecule has 4 heteroatoms. The molecule has 2 aromatic rings. The Bertz CT molecular complexity index is 785. The second kappa shape index (κ2) is 6.36. The van der Waals surface area contributed by atoms with Gasteiger partial charge in [-0.15, -0.1) is 0 Å². The van der Waals surface area contributed by atoms with E-state index in [2.05, 4.69) is 31.8 Å². The molecule has 2 aromatic carbocycles. The van der Waals surface area contributed by atoms with Crippen LogP contribution >= 0.6 is 0 Å². The Morgan fingerprint density at radius 3 is 1.88 bits per heavy atom. The molecule has 0 saturated carbocycles. The number of ether oxygens (including phenoxy) is 2. The zero-order valence-electron chi connectivity index (χ0n) is 16.5. The highest BCUT2D eigenvalue weighted by molar-refractivity contribution is 6.88. The highest BCUT2D eigenvalue weighted by Crippen LogP contribution is 2.45. The fraction of sp³-hybridized carbons (Fsp3) is 0.409. The molecule has 0 N–H and O–H groups in total. The zero-order chi connectivity index (χ0) is 19.2. The standard InChI is InChI=1S/C22H28O3Si/c1-21(2,3)20-24-19(23)22(25-20,16-10-8-7-9-11-16)17-12-14-18(15-13-17)26(4,5)6/h7-15,20H,1-6H3/t20-,22-/m1/s1. The Morgan fingerprint density at radius 2 is 1.42 bits per heavy atom. The molecule has 0 unspecified atom stereocenters. The molecule has 0 aromatic heterocycles. The van der Waals surface area contributed by atoms with Gasteiger partial charge in [-0.05, 0) is 11.1 Å². The third-order valence-electron chi connectivity index (χ3n) is 4.83. The Kier molecular flexibility index (Phi) is 4.61. The van der Waals surface area contributed by atoms with Crippen molar-refractivity contribution >= 4 is 19.2 Å². The van der Waals surface area contributed by atoms with Crippen molar-refractivity contribution in [3.8, 4) is 0 Å². The van der Waals surface area contributed by atoms with Gasteiger partial charge in [0.15, 0.2) is 0 Å². The summed E-state index contributed by atoms with van der Waals surface area (Å²) in [6.45, 7) is 13.0. The fourth-order valence-corrected chi connectivity index (χ4v) is 4.35. The van der Waals surface area contributed by atoms with Crippen LogP contribution in [0.4, 0.5) is 0 Å². The topological polar surface area (TPSA) is 35.5 Å². The molecule has 1 saturated heterocycles. The molecule has 3 nitrogen and oxygen atoms in total. The van der Waals surface area contributed by atoms with Crippen molar-refractivity contribution in [2.45, 2.75) is 52.3 Å². The first kappa shape index (κ1) is 18.9. The summed E-state index contributed by atoms with van der Waals surface area (Å²) < 4.78 is 12.1. The van der Waals surface area contributed by atoms with Crippen LogP contribution in [-0.4, -0.2) is 20.3 Å². The van der Waals surface area contributed by atoms with Crippen LogP contribution in [0.5, 0.6) is 0 Å². The van der Waals surface area contributed by atoms with Gasteiger partial charge in [-0.25, -0.2) is 4.79 Å². The van der Waals surface area contributed by atoms with Crippen molar-refractivity contribution in [2.75, 3.05) is 0 Å². The predicted octanol–water partition coefficient (Wildman–Crippen LogP) is 4.42. The fourth-order valence-electron chi connectivity index (χ4n) is 3.18. The van der Waals surface area contributed by atoms with E-state index in [0.717, 1.165) is 11.1 Å². The lowest BCUT2D eigenvalue weighted by molar-refractivity contribution is -0.155. The summed E-state index contributed by atoms with van der Waals surface area (Å²) in [6, 6.07) is 18.0. The van der Waals surface area contributed by atoms with E-state index in [1.54, 1.807) is 0 Å². The van der Waals surface area contributed by atoms with Crippen molar-refractivity contribution in [3.05, 3.63) is 65.7 Å². The highest BCUT2D eigenvalue weighted by Gasteiger charge is 2.55. The van der Waals surface area contributed by atoms with Crippen LogP contribution < -0.4 is 5.19 Å². The van der Waals surface area contributed by atoms with Crippen LogP contribution in [0.1, 0.15) is 31.9 Å². The minimum Gasteiger partial charge on any atom is -0.432 e. The van der Waals surface area contributed by atoms with Gasteiger partial charge in [-0.1, -0.05) is 100 Å². The lowest BCUT2D eigenvalue weighted by atomic mass is 9.86. The molecule has 2 atom stereocenters. The van der Waals surface area contributed by atoms with E-state index in [0.29, 0.717) is 0 Å². The van der Waals surface area contributed by atoms with Crippen LogP contribution in [0.3, 0.4) is 0 Å². The normalized spacial score (nSPS) is 23.8. The lowest BCUT2D eigenvalue weighted by Crippen LogP contribution is -2.39. The zero-order valence-corrected chi connectivity index (χ0v) is 17.5. The number of hydrogen-bond acceptors (Lipinski definition) is 3. The Morgan fingerprint density at radius 1 is 0.885 bits per heavy atom. The van der Waals surface area contributed by atoms with Crippen LogP contribution in [0, 0.1) is 5.41 Å². The van der Waals surface area contributed by atoms with Gasteiger partial charge in [-0.2, -0.15) is 0 Å². The molecule has 1 aliphatic heterocycles. The number of esters is 1. The number of cyclic esters (lactones) is 1. The van der Waals surface area contributed by atoms with E-state index in [4.69, 9.17) is 9.47 Å². The summed E-state index contributed by atoms with van der Waals surface area (Å²) >= 11 is 0. The molecular formula is C22H28O3Si. The van der Waals surface area contributed by atoms with Crippen LogP contribution in [0.25, 0.3) is 0 Å². The molecule has 1 fully saturated rings. The van der Waals surface area contributed by atoms with Gasteiger partial charge in [-0.3, -0.25) is 0 Å².